The number of ketones is 2. The Hall–Kier alpha value is -2.36. The first-order chi connectivity index (χ1) is 9.16. The summed E-state index contributed by atoms with van der Waals surface area (Å²) in [6.45, 7) is 1.93. The number of carbonyl (C=O) groups is 2. The normalized spacial score (nSPS) is 17.3. The fourth-order valence-corrected chi connectivity index (χ4v) is 2.39. The van der Waals surface area contributed by atoms with Crippen LogP contribution in [0, 0.1) is 12.8 Å². The van der Waals surface area contributed by atoms with Crippen molar-refractivity contribution in [1.82, 2.24) is 9.97 Å². The van der Waals surface area contributed by atoms with Crippen LogP contribution in [0.1, 0.15) is 32.1 Å². The Bertz CT molecular complexity index is 665. The second kappa shape index (κ2) is 4.39. The molecule has 1 aromatic carbocycles. The van der Waals surface area contributed by atoms with Crippen molar-refractivity contribution < 1.29 is 9.59 Å². The maximum Gasteiger partial charge on any atom is 0.211 e. The van der Waals surface area contributed by atoms with Crippen LogP contribution >= 0.6 is 0 Å². The van der Waals surface area contributed by atoms with Crippen molar-refractivity contribution in [2.24, 2.45) is 5.92 Å². The summed E-state index contributed by atoms with van der Waals surface area (Å²) in [7, 11) is 0. The molecule has 0 aliphatic heterocycles. The summed E-state index contributed by atoms with van der Waals surface area (Å²) in [6.07, 6.45) is 3.47. The zero-order valence-corrected chi connectivity index (χ0v) is 10.5. The highest BCUT2D eigenvalue weighted by Crippen LogP contribution is 2.29. The molecule has 0 amide bonds. The van der Waals surface area contributed by atoms with E-state index in [9.17, 15) is 9.59 Å². The highest BCUT2D eigenvalue weighted by Gasteiger charge is 2.37. The van der Waals surface area contributed by atoms with Crippen molar-refractivity contribution in [3.63, 3.8) is 0 Å². The Balaban J connectivity index is 1.94. The largest absolute Gasteiger partial charge is 0.293 e. The van der Waals surface area contributed by atoms with Crippen LogP contribution in [0.2, 0.25) is 0 Å². The van der Waals surface area contributed by atoms with Crippen molar-refractivity contribution in [2.75, 3.05) is 0 Å². The number of nitrogens with zero attached hydrogens (tertiary/aromatic N) is 2. The average molecular weight is 252 g/mol. The number of rotatable bonds is 2. The number of hydrogen-bond acceptors (Lipinski definition) is 4. The van der Waals surface area contributed by atoms with Gasteiger partial charge in [-0.15, -0.1) is 0 Å². The van der Waals surface area contributed by atoms with Gasteiger partial charge in [0.1, 0.15) is 0 Å². The van der Waals surface area contributed by atoms with Gasteiger partial charge in [-0.1, -0.05) is 17.7 Å². The van der Waals surface area contributed by atoms with Crippen molar-refractivity contribution >= 4 is 11.6 Å². The number of Topliss-reactive ketones (excluding diaryl/α,β-unsaturated/α-hetero) is 2. The summed E-state index contributed by atoms with van der Waals surface area (Å²) in [5.41, 5.74) is 2.62. The van der Waals surface area contributed by atoms with E-state index in [4.69, 9.17) is 0 Å². The number of hydrogen-bond donors (Lipinski definition) is 0. The van der Waals surface area contributed by atoms with E-state index in [1.54, 1.807) is 6.07 Å². The predicted molar refractivity (Wildman–Crippen MR) is 69.1 cm³/mol. The smallest absolute Gasteiger partial charge is 0.211 e. The quantitative estimate of drug-likeness (QED) is 0.606. The van der Waals surface area contributed by atoms with Gasteiger partial charge in [0.25, 0.3) is 0 Å². The molecule has 94 valence electrons. The molecule has 3 rings (SSSR count). The van der Waals surface area contributed by atoms with Gasteiger partial charge in [0, 0.05) is 18.0 Å². The van der Waals surface area contributed by atoms with Gasteiger partial charge in [0.15, 0.2) is 11.6 Å². The topological polar surface area (TPSA) is 59.9 Å². The van der Waals surface area contributed by atoms with Crippen LogP contribution in [0.25, 0.3) is 0 Å². The molecule has 0 spiro atoms. The van der Waals surface area contributed by atoms with Crippen LogP contribution in [-0.2, 0) is 6.42 Å². The standard InChI is InChI=1S/C15H12N2O2/c1-9-3-4-10-8-12(13(18)11(10)7-9)14(19)15-16-5-2-6-17-15/h2-7,12H,8H2,1H3. The van der Waals surface area contributed by atoms with E-state index in [1.165, 1.54) is 12.4 Å². The van der Waals surface area contributed by atoms with E-state index in [2.05, 4.69) is 9.97 Å². The van der Waals surface area contributed by atoms with Crippen molar-refractivity contribution in [3.8, 4) is 0 Å². The molecule has 1 atom stereocenters. The first-order valence-electron chi connectivity index (χ1n) is 6.12. The highest BCUT2D eigenvalue weighted by molar-refractivity contribution is 6.17. The zero-order valence-electron chi connectivity index (χ0n) is 10.5. The summed E-state index contributed by atoms with van der Waals surface area (Å²) in [6, 6.07) is 7.36. The van der Waals surface area contributed by atoms with Crippen LogP contribution in [0.4, 0.5) is 0 Å². The molecule has 19 heavy (non-hydrogen) atoms. The van der Waals surface area contributed by atoms with Gasteiger partial charge in [0.05, 0.1) is 5.92 Å². The van der Waals surface area contributed by atoms with Gasteiger partial charge in [-0.05, 0) is 31.0 Å². The molecule has 4 heteroatoms. The Kier molecular flexibility index (Phi) is 2.71. The lowest BCUT2D eigenvalue weighted by Crippen LogP contribution is -2.22. The van der Waals surface area contributed by atoms with Gasteiger partial charge in [-0.25, -0.2) is 9.97 Å². The minimum Gasteiger partial charge on any atom is -0.293 e. The lowest BCUT2D eigenvalue weighted by atomic mass is 9.99. The highest BCUT2D eigenvalue weighted by atomic mass is 16.2. The second-order valence-electron chi connectivity index (χ2n) is 4.72. The fraction of sp³-hybridized carbons (Fsp3) is 0.200. The third-order valence-corrected chi connectivity index (χ3v) is 3.37. The third kappa shape index (κ3) is 1.95. The summed E-state index contributed by atoms with van der Waals surface area (Å²) < 4.78 is 0. The Morgan fingerprint density at radius 1 is 1.26 bits per heavy atom. The molecule has 0 fully saturated rings. The van der Waals surface area contributed by atoms with E-state index in [1.807, 2.05) is 25.1 Å². The lowest BCUT2D eigenvalue weighted by Gasteiger charge is -2.04. The summed E-state index contributed by atoms with van der Waals surface area (Å²) >= 11 is 0. The fourth-order valence-electron chi connectivity index (χ4n) is 2.39. The van der Waals surface area contributed by atoms with Crippen LogP contribution in [0.3, 0.4) is 0 Å². The van der Waals surface area contributed by atoms with Gasteiger partial charge in [0.2, 0.25) is 5.78 Å². The van der Waals surface area contributed by atoms with Gasteiger partial charge in [-0.3, -0.25) is 9.59 Å². The summed E-state index contributed by atoms with van der Waals surface area (Å²) in [5.74, 6) is -0.958. The summed E-state index contributed by atoms with van der Waals surface area (Å²) in [5, 5.41) is 0. The first kappa shape index (κ1) is 11.7. The molecule has 0 saturated heterocycles. The molecule has 0 bridgehead atoms. The molecular weight excluding hydrogens is 240 g/mol. The Morgan fingerprint density at radius 2 is 2.00 bits per heavy atom. The van der Waals surface area contributed by atoms with Gasteiger partial charge < -0.3 is 0 Å². The van der Waals surface area contributed by atoms with Crippen molar-refractivity contribution in [2.45, 2.75) is 13.3 Å². The molecule has 4 nitrogen and oxygen atoms in total. The maximum atomic E-state index is 12.3. The number of aryl methyl sites for hydroxylation is 1. The molecule has 0 N–H and O–H groups in total. The number of fused-ring (bicyclic) bond motifs is 1. The van der Waals surface area contributed by atoms with Crippen molar-refractivity contribution in [1.29, 1.82) is 0 Å². The van der Waals surface area contributed by atoms with Crippen LogP contribution in [0.5, 0.6) is 0 Å². The summed E-state index contributed by atoms with van der Waals surface area (Å²) in [4.78, 5) is 32.4. The van der Waals surface area contributed by atoms with Crippen LogP contribution < -0.4 is 0 Å². The Labute approximate surface area is 110 Å². The van der Waals surface area contributed by atoms with E-state index < -0.39 is 5.92 Å². The molecule has 1 aromatic heterocycles. The Morgan fingerprint density at radius 3 is 2.74 bits per heavy atom. The lowest BCUT2D eigenvalue weighted by molar-refractivity contribution is 0.0815. The monoisotopic (exact) mass is 252 g/mol. The second-order valence-corrected chi connectivity index (χ2v) is 4.72. The number of aromatic nitrogens is 2. The molecule has 1 aliphatic rings. The first-order valence-corrected chi connectivity index (χ1v) is 6.12. The van der Waals surface area contributed by atoms with E-state index in [-0.39, 0.29) is 17.4 Å². The van der Waals surface area contributed by atoms with Gasteiger partial charge in [-0.2, -0.15) is 0 Å². The van der Waals surface area contributed by atoms with E-state index in [0.717, 1.165) is 11.1 Å². The predicted octanol–water partition coefficient (Wildman–Crippen LogP) is 2.02. The molecule has 0 radical (unpaired) electrons. The molecule has 1 unspecified atom stereocenters. The van der Waals surface area contributed by atoms with E-state index >= 15 is 0 Å². The number of carbonyl (C=O) groups excluding carboxylic acids is 2. The van der Waals surface area contributed by atoms with E-state index in [0.29, 0.717) is 12.0 Å². The van der Waals surface area contributed by atoms with Crippen LogP contribution in [-0.4, -0.2) is 21.5 Å². The molecule has 0 saturated carbocycles. The molecule has 1 aliphatic carbocycles. The third-order valence-electron chi connectivity index (χ3n) is 3.37. The van der Waals surface area contributed by atoms with Gasteiger partial charge >= 0.3 is 0 Å². The minimum absolute atomic E-state index is 0.115. The maximum absolute atomic E-state index is 12.3. The molecule has 1 heterocycles. The van der Waals surface area contributed by atoms with Crippen LogP contribution in [0.15, 0.2) is 36.7 Å². The molecular formula is C15H12N2O2. The molecule has 2 aromatic rings. The minimum atomic E-state index is -0.667. The number of benzene rings is 1. The van der Waals surface area contributed by atoms with Crippen molar-refractivity contribution in [3.05, 3.63) is 59.2 Å². The SMILES string of the molecule is Cc1ccc2c(c1)C(=O)C(C(=O)c1ncccn1)C2. The zero-order chi connectivity index (χ0) is 13.4. The average Bonchev–Trinajstić information content (AvgIpc) is 2.76.